The lowest BCUT2D eigenvalue weighted by atomic mass is 10.0. The number of aliphatic carboxylic acids is 1. The van der Waals surface area contributed by atoms with Gasteiger partial charge in [0.1, 0.15) is 0 Å². The topological polar surface area (TPSA) is 77.8 Å². The Morgan fingerprint density at radius 1 is 0.769 bits per heavy atom. The predicted molar refractivity (Wildman–Crippen MR) is 108 cm³/mol. The molecule has 0 aromatic carbocycles. The molecule has 2 unspecified atom stereocenters. The third kappa shape index (κ3) is 16.7. The van der Waals surface area contributed by atoms with Gasteiger partial charge < -0.3 is 15.3 Å². The zero-order chi connectivity index (χ0) is 19.5. The second-order valence-corrected chi connectivity index (χ2v) is 5.85. The fourth-order valence-electron chi connectivity index (χ4n) is 2.08. The summed E-state index contributed by atoms with van der Waals surface area (Å²) in [6, 6.07) is 0. The van der Waals surface area contributed by atoms with Crippen LogP contribution >= 0.6 is 0 Å². The van der Waals surface area contributed by atoms with Crippen LogP contribution in [0.3, 0.4) is 0 Å². The maximum Gasteiger partial charge on any atom is 0.328 e. The molecule has 3 N–H and O–H groups in total. The Bertz CT molecular complexity index is 524. The Balaban J connectivity index is 3.68. The van der Waals surface area contributed by atoms with E-state index >= 15 is 0 Å². The highest BCUT2D eigenvalue weighted by Gasteiger charge is 2.12. The molecule has 0 heterocycles. The van der Waals surface area contributed by atoms with Crippen LogP contribution in [0.4, 0.5) is 0 Å². The van der Waals surface area contributed by atoms with E-state index in [1.165, 1.54) is 6.08 Å². The van der Waals surface area contributed by atoms with Gasteiger partial charge >= 0.3 is 5.97 Å². The van der Waals surface area contributed by atoms with Gasteiger partial charge in [-0.25, -0.2) is 4.79 Å². The largest absolute Gasteiger partial charge is 0.478 e. The molecule has 0 aliphatic carbocycles. The smallest absolute Gasteiger partial charge is 0.328 e. The van der Waals surface area contributed by atoms with Gasteiger partial charge in [0.2, 0.25) is 0 Å². The van der Waals surface area contributed by atoms with Crippen LogP contribution < -0.4 is 0 Å². The molecule has 26 heavy (non-hydrogen) atoms. The Labute approximate surface area is 157 Å². The van der Waals surface area contributed by atoms with Crippen LogP contribution in [0.2, 0.25) is 0 Å². The van der Waals surface area contributed by atoms with E-state index in [1.807, 2.05) is 49.5 Å². The van der Waals surface area contributed by atoms with Crippen molar-refractivity contribution in [3.8, 4) is 0 Å². The molecule has 144 valence electrons. The third-order valence-corrected chi connectivity index (χ3v) is 3.61. The molecule has 0 fully saturated rings. The molecule has 0 rings (SSSR count). The number of hydrogen-bond donors (Lipinski definition) is 3. The molecule has 0 bridgehead atoms. The maximum absolute atomic E-state index is 10.2. The van der Waals surface area contributed by atoms with Crippen molar-refractivity contribution in [2.24, 2.45) is 0 Å². The minimum absolute atomic E-state index is 0.587. The Morgan fingerprint density at radius 2 is 1.31 bits per heavy atom. The van der Waals surface area contributed by atoms with Crippen LogP contribution in [0, 0.1) is 0 Å². The molecule has 4 nitrogen and oxygen atoms in total. The standard InChI is InChI=1S/C22H32O4/c1-2-20(23)21(24)18-16-14-12-10-8-6-4-3-5-7-9-11-13-15-17-19-22(25)26/h3-9,11,13,15,17,19-21,23-24H,2,10,12,14,16,18H2,1H3,(H,25,26)/b4-3+,7-5+,8-6+,11-9+,15-13+,19-17+. The lowest BCUT2D eigenvalue weighted by Gasteiger charge is -2.15. The summed E-state index contributed by atoms with van der Waals surface area (Å²) in [5.41, 5.74) is 0. The first-order valence-corrected chi connectivity index (χ1v) is 9.16. The molecule has 0 aliphatic heterocycles. The molecular formula is C22H32O4. The summed E-state index contributed by atoms with van der Waals surface area (Å²) in [7, 11) is 0. The number of hydrogen-bond acceptors (Lipinski definition) is 3. The van der Waals surface area contributed by atoms with E-state index in [0.29, 0.717) is 12.8 Å². The van der Waals surface area contributed by atoms with Crippen molar-refractivity contribution in [1.82, 2.24) is 0 Å². The second-order valence-electron chi connectivity index (χ2n) is 5.85. The van der Waals surface area contributed by atoms with Gasteiger partial charge in [0.05, 0.1) is 12.2 Å². The molecule has 0 spiro atoms. The van der Waals surface area contributed by atoms with Crippen LogP contribution in [-0.4, -0.2) is 33.5 Å². The van der Waals surface area contributed by atoms with Gasteiger partial charge in [-0.3, -0.25) is 0 Å². The highest BCUT2D eigenvalue weighted by molar-refractivity contribution is 5.80. The van der Waals surface area contributed by atoms with E-state index in [-0.39, 0.29) is 0 Å². The molecule has 0 aromatic heterocycles. The van der Waals surface area contributed by atoms with Crippen molar-refractivity contribution < 1.29 is 20.1 Å². The number of aliphatic hydroxyl groups excluding tert-OH is 2. The summed E-state index contributed by atoms with van der Waals surface area (Å²) in [4.78, 5) is 10.2. The minimum Gasteiger partial charge on any atom is -0.478 e. The zero-order valence-corrected chi connectivity index (χ0v) is 15.6. The summed E-state index contributed by atoms with van der Waals surface area (Å²) in [5, 5.41) is 27.5. The molecule has 2 atom stereocenters. The Kier molecular flexibility index (Phi) is 16.2. The van der Waals surface area contributed by atoms with E-state index in [1.54, 1.807) is 12.2 Å². The monoisotopic (exact) mass is 360 g/mol. The van der Waals surface area contributed by atoms with Gasteiger partial charge in [0.25, 0.3) is 0 Å². The van der Waals surface area contributed by atoms with Crippen molar-refractivity contribution in [1.29, 1.82) is 0 Å². The number of carbonyl (C=O) groups is 1. The average molecular weight is 360 g/mol. The maximum atomic E-state index is 10.2. The van der Waals surface area contributed by atoms with Gasteiger partial charge in [-0.05, 0) is 25.7 Å². The minimum atomic E-state index is -0.956. The average Bonchev–Trinajstić information content (AvgIpc) is 2.63. The zero-order valence-electron chi connectivity index (χ0n) is 15.6. The Hall–Kier alpha value is -2.17. The second kappa shape index (κ2) is 17.6. The van der Waals surface area contributed by atoms with Gasteiger partial charge in [-0.1, -0.05) is 86.6 Å². The predicted octanol–water partition coefficient (Wildman–Crippen LogP) is 4.49. The van der Waals surface area contributed by atoms with Crippen LogP contribution in [0.15, 0.2) is 72.9 Å². The lowest BCUT2D eigenvalue weighted by Crippen LogP contribution is -2.24. The number of rotatable bonds is 14. The van der Waals surface area contributed by atoms with Gasteiger partial charge in [0.15, 0.2) is 0 Å². The van der Waals surface area contributed by atoms with E-state index < -0.39 is 18.2 Å². The van der Waals surface area contributed by atoms with Crippen molar-refractivity contribution in [2.45, 2.75) is 57.7 Å². The highest BCUT2D eigenvalue weighted by Crippen LogP contribution is 2.10. The molecule has 0 aromatic rings. The number of aliphatic hydroxyl groups is 2. The van der Waals surface area contributed by atoms with Gasteiger partial charge in [0, 0.05) is 6.08 Å². The van der Waals surface area contributed by atoms with Gasteiger partial charge in [-0.15, -0.1) is 0 Å². The SMILES string of the molecule is CCC(O)C(O)CCCCC/C=C/C=C/C=C/C=C/C=C/C=C/C(=O)O. The van der Waals surface area contributed by atoms with E-state index in [0.717, 1.165) is 31.8 Å². The van der Waals surface area contributed by atoms with Crippen molar-refractivity contribution >= 4 is 5.97 Å². The molecule has 0 saturated carbocycles. The van der Waals surface area contributed by atoms with E-state index in [2.05, 4.69) is 6.08 Å². The first-order chi connectivity index (χ1) is 12.6. The molecule has 0 saturated heterocycles. The summed E-state index contributed by atoms with van der Waals surface area (Å²) in [6.07, 6.45) is 25.7. The Morgan fingerprint density at radius 3 is 1.85 bits per heavy atom. The number of carboxylic acid groups (broad SMARTS) is 1. The van der Waals surface area contributed by atoms with Crippen LogP contribution in [0.25, 0.3) is 0 Å². The quantitative estimate of drug-likeness (QED) is 0.242. The van der Waals surface area contributed by atoms with Crippen molar-refractivity contribution in [2.75, 3.05) is 0 Å². The molecule has 0 radical (unpaired) electrons. The van der Waals surface area contributed by atoms with Crippen molar-refractivity contribution in [3.05, 3.63) is 72.9 Å². The van der Waals surface area contributed by atoms with Crippen LogP contribution in [-0.2, 0) is 4.79 Å². The molecule has 0 aliphatic rings. The first kappa shape index (κ1) is 23.8. The fourth-order valence-corrected chi connectivity index (χ4v) is 2.08. The van der Waals surface area contributed by atoms with Crippen molar-refractivity contribution in [3.63, 3.8) is 0 Å². The summed E-state index contributed by atoms with van der Waals surface area (Å²) >= 11 is 0. The van der Waals surface area contributed by atoms with Crippen LogP contribution in [0.1, 0.15) is 45.4 Å². The molecule has 0 amide bonds. The third-order valence-electron chi connectivity index (χ3n) is 3.61. The lowest BCUT2D eigenvalue weighted by molar-refractivity contribution is -0.131. The summed E-state index contributed by atoms with van der Waals surface area (Å²) < 4.78 is 0. The summed E-state index contributed by atoms with van der Waals surface area (Å²) in [5.74, 6) is -0.956. The molecule has 4 heteroatoms. The number of carboxylic acids is 1. The summed E-state index contributed by atoms with van der Waals surface area (Å²) in [6.45, 7) is 1.87. The highest BCUT2D eigenvalue weighted by atomic mass is 16.4. The number of unbranched alkanes of at least 4 members (excludes halogenated alkanes) is 3. The van der Waals surface area contributed by atoms with Gasteiger partial charge in [-0.2, -0.15) is 0 Å². The van der Waals surface area contributed by atoms with E-state index in [4.69, 9.17) is 5.11 Å². The fraction of sp³-hybridized carbons (Fsp3) is 0.409. The van der Waals surface area contributed by atoms with Crippen LogP contribution in [0.5, 0.6) is 0 Å². The first-order valence-electron chi connectivity index (χ1n) is 9.16. The molecular weight excluding hydrogens is 328 g/mol. The van der Waals surface area contributed by atoms with E-state index in [9.17, 15) is 15.0 Å². The normalized spacial score (nSPS) is 15.5. The number of allylic oxidation sites excluding steroid dienone is 11.